The first-order valence-electron chi connectivity index (χ1n) is 6.18. The van der Waals surface area contributed by atoms with Crippen LogP contribution in [0.25, 0.3) is 11.0 Å². The standard InChI is InChI=1S/C14H18N2O3/c1-16(2)8-7-15-9-12-13(14(17)18)10-5-3-4-6-11(10)19-12/h3-6,15H,7-9H2,1-2H3,(H,17,18). The summed E-state index contributed by atoms with van der Waals surface area (Å²) in [5, 5.41) is 13.1. The number of benzene rings is 1. The molecule has 1 heterocycles. The van der Waals surface area contributed by atoms with Crippen LogP contribution < -0.4 is 5.32 Å². The van der Waals surface area contributed by atoms with Crippen molar-refractivity contribution in [3.05, 3.63) is 35.6 Å². The molecular formula is C14H18N2O3. The van der Waals surface area contributed by atoms with E-state index in [0.717, 1.165) is 13.1 Å². The summed E-state index contributed by atoms with van der Waals surface area (Å²) in [5.41, 5.74) is 0.872. The summed E-state index contributed by atoms with van der Waals surface area (Å²) in [4.78, 5) is 13.4. The Bertz CT molecular complexity index is 575. The zero-order chi connectivity index (χ0) is 13.8. The van der Waals surface area contributed by atoms with Crippen LogP contribution in [0, 0.1) is 0 Å². The van der Waals surface area contributed by atoms with Crippen molar-refractivity contribution in [2.24, 2.45) is 0 Å². The van der Waals surface area contributed by atoms with Gasteiger partial charge in [0.1, 0.15) is 16.9 Å². The van der Waals surface area contributed by atoms with E-state index in [1.807, 2.05) is 26.2 Å². The van der Waals surface area contributed by atoms with Crippen LogP contribution in [0.2, 0.25) is 0 Å². The molecule has 0 aliphatic heterocycles. The van der Waals surface area contributed by atoms with Gasteiger partial charge in [-0.3, -0.25) is 0 Å². The Hall–Kier alpha value is -1.85. The summed E-state index contributed by atoms with van der Waals surface area (Å²) >= 11 is 0. The average Bonchev–Trinajstić information content (AvgIpc) is 2.72. The monoisotopic (exact) mass is 262 g/mol. The van der Waals surface area contributed by atoms with Crippen molar-refractivity contribution < 1.29 is 14.3 Å². The first-order chi connectivity index (χ1) is 9.09. The first kappa shape index (κ1) is 13.6. The highest BCUT2D eigenvalue weighted by molar-refractivity contribution is 6.03. The van der Waals surface area contributed by atoms with Crippen molar-refractivity contribution in [1.29, 1.82) is 0 Å². The summed E-state index contributed by atoms with van der Waals surface area (Å²) in [5.74, 6) is -0.471. The lowest BCUT2D eigenvalue weighted by Gasteiger charge is -2.09. The molecular weight excluding hydrogens is 244 g/mol. The van der Waals surface area contributed by atoms with Crippen molar-refractivity contribution in [2.45, 2.75) is 6.54 Å². The molecule has 1 aromatic carbocycles. The van der Waals surface area contributed by atoms with Gasteiger partial charge in [-0.25, -0.2) is 4.79 Å². The van der Waals surface area contributed by atoms with E-state index in [4.69, 9.17) is 4.42 Å². The third-order valence-electron chi connectivity index (χ3n) is 2.90. The number of aromatic carboxylic acids is 1. The van der Waals surface area contributed by atoms with Gasteiger partial charge < -0.3 is 19.7 Å². The number of nitrogens with one attached hydrogen (secondary N) is 1. The number of carboxylic acid groups (broad SMARTS) is 1. The van der Waals surface area contributed by atoms with Gasteiger partial charge in [-0.05, 0) is 20.2 Å². The molecule has 0 aliphatic rings. The smallest absolute Gasteiger partial charge is 0.339 e. The molecule has 0 atom stereocenters. The van der Waals surface area contributed by atoms with Gasteiger partial charge in [0, 0.05) is 18.5 Å². The van der Waals surface area contributed by atoms with E-state index in [0.29, 0.717) is 23.3 Å². The summed E-state index contributed by atoms with van der Waals surface area (Å²) < 4.78 is 5.61. The second-order valence-electron chi connectivity index (χ2n) is 4.68. The normalized spacial score (nSPS) is 11.3. The molecule has 0 bridgehead atoms. The Morgan fingerprint density at radius 3 is 2.79 bits per heavy atom. The zero-order valence-corrected chi connectivity index (χ0v) is 11.1. The van der Waals surface area contributed by atoms with Crippen molar-refractivity contribution in [2.75, 3.05) is 27.2 Å². The topological polar surface area (TPSA) is 65.7 Å². The quantitative estimate of drug-likeness (QED) is 0.777. The van der Waals surface area contributed by atoms with Gasteiger partial charge in [-0.15, -0.1) is 0 Å². The van der Waals surface area contributed by atoms with Crippen LogP contribution in [0.1, 0.15) is 16.1 Å². The Morgan fingerprint density at radius 1 is 1.37 bits per heavy atom. The lowest BCUT2D eigenvalue weighted by atomic mass is 10.1. The Kier molecular flexibility index (Phi) is 4.19. The third-order valence-corrected chi connectivity index (χ3v) is 2.90. The second-order valence-corrected chi connectivity index (χ2v) is 4.68. The maximum Gasteiger partial charge on any atom is 0.339 e. The highest BCUT2D eigenvalue weighted by Crippen LogP contribution is 2.25. The van der Waals surface area contributed by atoms with Crippen LogP contribution >= 0.6 is 0 Å². The maximum absolute atomic E-state index is 11.3. The average molecular weight is 262 g/mol. The number of carboxylic acids is 1. The van der Waals surface area contributed by atoms with Crippen molar-refractivity contribution >= 4 is 16.9 Å². The van der Waals surface area contributed by atoms with E-state index in [9.17, 15) is 9.90 Å². The molecule has 0 saturated heterocycles. The minimum Gasteiger partial charge on any atom is -0.478 e. The van der Waals surface area contributed by atoms with E-state index < -0.39 is 5.97 Å². The molecule has 0 amide bonds. The molecule has 0 fully saturated rings. The predicted molar refractivity (Wildman–Crippen MR) is 73.4 cm³/mol. The van der Waals surface area contributed by atoms with Crippen molar-refractivity contribution in [3.8, 4) is 0 Å². The largest absolute Gasteiger partial charge is 0.478 e. The van der Waals surface area contributed by atoms with Gasteiger partial charge >= 0.3 is 5.97 Å². The molecule has 102 valence electrons. The van der Waals surface area contributed by atoms with Gasteiger partial charge in [0.25, 0.3) is 0 Å². The molecule has 2 rings (SSSR count). The number of likely N-dealkylation sites (N-methyl/N-ethyl adjacent to an activating group) is 1. The van der Waals surface area contributed by atoms with E-state index in [1.54, 1.807) is 12.1 Å². The number of rotatable bonds is 6. The van der Waals surface area contributed by atoms with Crippen LogP contribution in [-0.2, 0) is 6.54 Å². The van der Waals surface area contributed by atoms with E-state index in [-0.39, 0.29) is 5.56 Å². The summed E-state index contributed by atoms with van der Waals surface area (Å²) in [6.07, 6.45) is 0. The van der Waals surface area contributed by atoms with Crippen LogP contribution in [0.3, 0.4) is 0 Å². The van der Waals surface area contributed by atoms with Crippen LogP contribution in [-0.4, -0.2) is 43.2 Å². The zero-order valence-electron chi connectivity index (χ0n) is 11.1. The predicted octanol–water partition coefficient (Wildman–Crippen LogP) is 1.78. The summed E-state index contributed by atoms with van der Waals surface area (Å²) in [6.45, 7) is 2.09. The number of para-hydroxylation sites is 1. The molecule has 0 radical (unpaired) electrons. The van der Waals surface area contributed by atoms with Crippen LogP contribution in [0.4, 0.5) is 0 Å². The van der Waals surface area contributed by atoms with Crippen molar-refractivity contribution in [1.82, 2.24) is 10.2 Å². The lowest BCUT2D eigenvalue weighted by Crippen LogP contribution is -2.26. The molecule has 0 saturated carbocycles. The number of nitrogens with zero attached hydrogens (tertiary/aromatic N) is 1. The fourth-order valence-electron chi connectivity index (χ4n) is 1.96. The maximum atomic E-state index is 11.3. The van der Waals surface area contributed by atoms with E-state index in [1.165, 1.54) is 0 Å². The van der Waals surface area contributed by atoms with Crippen LogP contribution in [0.5, 0.6) is 0 Å². The summed E-state index contributed by atoms with van der Waals surface area (Å²) in [6, 6.07) is 7.20. The highest BCUT2D eigenvalue weighted by Gasteiger charge is 2.19. The van der Waals surface area contributed by atoms with E-state index in [2.05, 4.69) is 10.2 Å². The minimum absolute atomic E-state index is 0.257. The molecule has 1 aromatic heterocycles. The first-order valence-corrected chi connectivity index (χ1v) is 6.18. The Balaban J connectivity index is 2.17. The van der Waals surface area contributed by atoms with E-state index >= 15 is 0 Å². The molecule has 0 spiro atoms. The Morgan fingerprint density at radius 2 is 2.11 bits per heavy atom. The number of hydrogen-bond acceptors (Lipinski definition) is 4. The third kappa shape index (κ3) is 3.13. The minimum atomic E-state index is -0.950. The molecule has 0 unspecified atom stereocenters. The fraction of sp³-hybridized carbons (Fsp3) is 0.357. The fourth-order valence-corrected chi connectivity index (χ4v) is 1.96. The van der Waals surface area contributed by atoms with Gasteiger partial charge in [-0.1, -0.05) is 18.2 Å². The van der Waals surface area contributed by atoms with Gasteiger partial charge in [0.2, 0.25) is 0 Å². The number of fused-ring (bicyclic) bond motifs is 1. The SMILES string of the molecule is CN(C)CCNCc1oc2ccccc2c1C(=O)O. The molecule has 5 nitrogen and oxygen atoms in total. The second kappa shape index (κ2) is 5.86. The van der Waals surface area contributed by atoms with Gasteiger partial charge in [-0.2, -0.15) is 0 Å². The van der Waals surface area contributed by atoms with Gasteiger partial charge in [0.15, 0.2) is 0 Å². The number of hydrogen-bond donors (Lipinski definition) is 2. The molecule has 2 N–H and O–H groups in total. The Labute approximate surface area is 111 Å². The van der Waals surface area contributed by atoms with Gasteiger partial charge in [0.05, 0.1) is 6.54 Å². The lowest BCUT2D eigenvalue weighted by molar-refractivity contribution is 0.0696. The molecule has 5 heteroatoms. The number of furan rings is 1. The summed E-state index contributed by atoms with van der Waals surface area (Å²) in [7, 11) is 3.98. The van der Waals surface area contributed by atoms with Crippen LogP contribution in [0.15, 0.2) is 28.7 Å². The molecule has 19 heavy (non-hydrogen) atoms. The van der Waals surface area contributed by atoms with Crippen molar-refractivity contribution in [3.63, 3.8) is 0 Å². The highest BCUT2D eigenvalue weighted by atomic mass is 16.4. The number of carbonyl (C=O) groups is 1. The molecule has 0 aliphatic carbocycles. The molecule has 2 aromatic rings.